The first kappa shape index (κ1) is 12.6. The number of aromatic nitrogens is 2. The summed E-state index contributed by atoms with van der Waals surface area (Å²) in [6, 6.07) is 8.69. The van der Waals surface area contributed by atoms with E-state index in [4.69, 9.17) is 11.6 Å². The van der Waals surface area contributed by atoms with Gasteiger partial charge in [-0.3, -0.25) is 0 Å². The molecule has 1 aromatic carbocycles. The first-order valence-corrected chi connectivity index (χ1v) is 7.29. The molecule has 0 aliphatic rings. The van der Waals surface area contributed by atoms with Crippen molar-refractivity contribution in [2.45, 2.75) is 18.8 Å². The van der Waals surface area contributed by atoms with Crippen LogP contribution in [0.3, 0.4) is 0 Å². The molecule has 2 heterocycles. The summed E-state index contributed by atoms with van der Waals surface area (Å²) in [4.78, 5) is 5.70. The molecule has 1 atom stereocenters. The van der Waals surface area contributed by atoms with Crippen LogP contribution in [-0.2, 0) is 6.54 Å². The number of nitrogens with zero attached hydrogens (tertiary/aromatic N) is 2. The fraction of sp³-hybridized carbons (Fsp3) is 0.214. The third-order valence-corrected chi connectivity index (χ3v) is 4.05. The van der Waals surface area contributed by atoms with Gasteiger partial charge >= 0.3 is 0 Å². The van der Waals surface area contributed by atoms with Crippen molar-refractivity contribution in [3.8, 4) is 0 Å². The van der Waals surface area contributed by atoms with E-state index in [0.29, 0.717) is 6.54 Å². The van der Waals surface area contributed by atoms with Gasteiger partial charge in [0.1, 0.15) is 11.6 Å². The smallest absolute Gasteiger partial charge is 0.128 e. The summed E-state index contributed by atoms with van der Waals surface area (Å²) < 4.78 is 15.4. The monoisotopic (exact) mass is 294 g/mol. The second-order valence-corrected chi connectivity index (χ2v) is 6.07. The van der Waals surface area contributed by atoms with Crippen molar-refractivity contribution < 1.29 is 4.39 Å². The number of hydrogen-bond acceptors (Lipinski definition) is 2. The van der Waals surface area contributed by atoms with Gasteiger partial charge in [0.25, 0.3) is 0 Å². The third kappa shape index (κ3) is 2.38. The van der Waals surface area contributed by atoms with Crippen molar-refractivity contribution in [1.29, 1.82) is 0 Å². The fourth-order valence-corrected chi connectivity index (χ4v) is 3.00. The highest BCUT2D eigenvalue weighted by Crippen LogP contribution is 2.26. The molecule has 5 heteroatoms. The van der Waals surface area contributed by atoms with Crippen LogP contribution >= 0.6 is 22.9 Å². The topological polar surface area (TPSA) is 17.8 Å². The molecule has 98 valence electrons. The van der Waals surface area contributed by atoms with Crippen molar-refractivity contribution in [3.05, 3.63) is 52.2 Å². The molecule has 0 spiro atoms. The van der Waals surface area contributed by atoms with Crippen LogP contribution in [0, 0.1) is 5.82 Å². The molecule has 2 aromatic heterocycles. The molecule has 0 amide bonds. The Labute approximate surface area is 119 Å². The van der Waals surface area contributed by atoms with Crippen molar-refractivity contribution in [1.82, 2.24) is 9.55 Å². The van der Waals surface area contributed by atoms with E-state index in [1.54, 1.807) is 17.4 Å². The van der Waals surface area contributed by atoms with Gasteiger partial charge in [-0.05, 0) is 36.6 Å². The Morgan fingerprint density at radius 3 is 2.95 bits per heavy atom. The molecule has 0 saturated carbocycles. The van der Waals surface area contributed by atoms with Crippen LogP contribution in [-0.4, -0.2) is 9.55 Å². The number of thiophene rings is 1. The molecule has 0 aliphatic carbocycles. The molecule has 1 unspecified atom stereocenters. The fourth-order valence-electron chi connectivity index (χ4n) is 2.14. The van der Waals surface area contributed by atoms with Gasteiger partial charge in [-0.1, -0.05) is 6.07 Å². The number of halogens is 2. The second-order valence-electron chi connectivity index (χ2n) is 4.38. The normalized spacial score (nSPS) is 13.0. The third-order valence-electron chi connectivity index (χ3n) is 2.99. The maximum Gasteiger partial charge on any atom is 0.128 e. The van der Waals surface area contributed by atoms with Crippen molar-refractivity contribution in [2.24, 2.45) is 0 Å². The Hall–Kier alpha value is -1.39. The van der Waals surface area contributed by atoms with E-state index in [9.17, 15) is 4.39 Å². The molecule has 0 fully saturated rings. The highest BCUT2D eigenvalue weighted by Gasteiger charge is 2.15. The zero-order valence-electron chi connectivity index (χ0n) is 10.3. The number of rotatable bonds is 3. The Balaban J connectivity index is 2.18. The van der Waals surface area contributed by atoms with Gasteiger partial charge in [0.15, 0.2) is 0 Å². The first-order valence-electron chi connectivity index (χ1n) is 5.97. The second kappa shape index (κ2) is 4.94. The summed E-state index contributed by atoms with van der Waals surface area (Å²) in [6.07, 6.45) is 0. The molecule has 3 aromatic rings. The molecule has 0 bridgehead atoms. The molecule has 0 saturated heterocycles. The van der Waals surface area contributed by atoms with Gasteiger partial charge in [0.2, 0.25) is 0 Å². The Morgan fingerprint density at radius 2 is 2.26 bits per heavy atom. The zero-order chi connectivity index (χ0) is 13.4. The lowest BCUT2D eigenvalue weighted by molar-refractivity contribution is 0.628. The van der Waals surface area contributed by atoms with Gasteiger partial charge in [0, 0.05) is 4.88 Å². The van der Waals surface area contributed by atoms with Gasteiger partial charge in [-0.25, -0.2) is 9.37 Å². The van der Waals surface area contributed by atoms with E-state index in [1.165, 1.54) is 17.0 Å². The molecule has 0 N–H and O–H groups in total. The SMILES string of the molecule is CC(Cl)c1nc2ccc(F)cc2n1Cc1cccs1. The van der Waals surface area contributed by atoms with Crippen LogP contribution in [0.5, 0.6) is 0 Å². The van der Waals surface area contributed by atoms with Crippen LogP contribution in [0.2, 0.25) is 0 Å². The van der Waals surface area contributed by atoms with Crippen LogP contribution < -0.4 is 0 Å². The van der Waals surface area contributed by atoms with E-state index in [0.717, 1.165) is 16.9 Å². The Bertz CT molecular complexity index is 704. The summed E-state index contributed by atoms with van der Waals surface area (Å²) >= 11 is 7.85. The lowest BCUT2D eigenvalue weighted by Crippen LogP contribution is -2.04. The van der Waals surface area contributed by atoms with Gasteiger partial charge in [-0.15, -0.1) is 22.9 Å². The summed E-state index contributed by atoms with van der Waals surface area (Å²) in [5, 5.41) is 1.81. The quantitative estimate of drug-likeness (QED) is 0.646. The lowest BCUT2D eigenvalue weighted by atomic mass is 10.3. The van der Waals surface area contributed by atoms with Crippen LogP contribution in [0.15, 0.2) is 35.7 Å². The average molecular weight is 295 g/mol. The molecule has 2 nitrogen and oxygen atoms in total. The van der Waals surface area contributed by atoms with Gasteiger partial charge < -0.3 is 4.57 Å². The average Bonchev–Trinajstić information content (AvgIpc) is 2.98. The van der Waals surface area contributed by atoms with Crippen LogP contribution in [0.1, 0.15) is 23.0 Å². The minimum atomic E-state index is -0.256. The largest absolute Gasteiger partial charge is 0.321 e. The van der Waals surface area contributed by atoms with Crippen LogP contribution in [0.25, 0.3) is 11.0 Å². The minimum Gasteiger partial charge on any atom is -0.321 e. The number of hydrogen-bond donors (Lipinski definition) is 0. The first-order chi connectivity index (χ1) is 9.15. The van der Waals surface area contributed by atoms with E-state index in [1.807, 2.05) is 22.9 Å². The molecule has 3 rings (SSSR count). The summed E-state index contributed by atoms with van der Waals surface area (Å²) in [5.41, 5.74) is 1.57. The summed E-state index contributed by atoms with van der Waals surface area (Å²) in [7, 11) is 0. The maximum absolute atomic E-state index is 13.4. The van der Waals surface area contributed by atoms with E-state index >= 15 is 0 Å². The number of imidazole rings is 1. The number of fused-ring (bicyclic) bond motifs is 1. The molecule has 0 radical (unpaired) electrons. The van der Waals surface area contributed by atoms with E-state index in [-0.39, 0.29) is 11.2 Å². The van der Waals surface area contributed by atoms with Crippen molar-refractivity contribution in [2.75, 3.05) is 0 Å². The molecule has 0 aliphatic heterocycles. The Morgan fingerprint density at radius 1 is 1.42 bits per heavy atom. The zero-order valence-corrected chi connectivity index (χ0v) is 11.9. The van der Waals surface area contributed by atoms with Crippen molar-refractivity contribution in [3.63, 3.8) is 0 Å². The predicted molar refractivity (Wildman–Crippen MR) is 77.4 cm³/mol. The number of alkyl halides is 1. The predicted octanol–water partition coefficient (Wildman–Crippen LogP) is 4.59. The Kier molecular flexibility index (Phi) is 3.29. The minimum absolute atomic E-state index is 0.213. The van der Waals surface area contributed by atoms with Gasteiger partial charge in [-0.2, -0.15) is 0 Å². The molecular weight excluding hydrogens is 283 g/mol. The van der Waals surface area contributed by atoms with E-state index in [2.05, 4.69) is 11.1 Å². The van der Waals surface area contributed by atoms with E-state index < -0.39 is 0 Å². The summed E-state index contributed by atoms with van der Waals surface area (Å²) in [6.45, 7) is 2.55. The summed E-state index contributed by atoms with van der Waals surface area (Å²) in [5.74, 6) is 0.518. The number of benzene rings is 1. The highest BCUT2D eigenvalue weighted by atomic mass is 35.5. The van der Waals surface area contributed by atoms with Crippen molar-refractivity contribution >= 4 is 34.0 Å². The maximum atomic E-state index is 13.4. The van der Waals surface area contributed by atoms with Crippen LogP contribution in [0.4, 0.5) is 4.39 Å². The molecular formula is C14H12ClFN2S. The lowest BCUT2D eigenvalue weighted by Gasteiger charge is -2.09. The highest BCUT2D eigenvalue weighted by molar-refractivity contribution is 7.09. The standard InChI is InChI=1S/C14H12ClFN2S/c1-9(15)14-17-12-5-4-10(16)7-13(12)18(14)8-11-3-2-6-19-11/h2-7,9H,8H2,1H3. The van der Waals surface area contributed by atoms with Gasteiger partial charge in [0.05, 0.1) is 23.0 Å². The molecule has 19 heavy (non-hydrogen) atoms.